The van der Waals surface area contributed by atoms with Crippen molar-refractivity contribution >= 4 is 41.1 Å². The van der Waals surface area contributed by atoms with Gasteiger partial charge in [0.15, 0.2) is 0 Å². The van der Waals surface area contributed by atoms with Crippen LogP contribution in [0.1, 0.15) is 30.9 Å². The number of amidine groups is 1. The minimum Gasteiger partial charge on any atom is -0.399 e. The van der Waals surface area contributed by atoms with Crippen LogP contribution in [0.15, 0.2) is 82.2 Å². The predicted molar refractivity (Wildman–Crippen MR) is 162 cm³/mol. The van der Waals surface area contributed by atoms with Gasteiger partial charge in [-0.15, -0.1) is 0 Å². The first-order valence-electron chi connectivity index (χ1n) is 13.6. The molecule has 4 N–H and O–H groups in total. The zero-order valence-electron chi connectivity index (χ0n) is 22.7. The van der Waals surface area contributed by atoms with Gasteiger partial charge in [-0.3, -0.25) is 9.63 Å². The summed E-state index contributed by atoms with van der Waals surface area (Å²) in [6.07, 6.45) is 2.89. The lowest BCUT2D eigenvalue weighted by Gasteiger charge is -2.25. The van der Waals surface area contributed by atoms with Crippen LogP contribution in [-0.2, 0) is 21.0 Å². The van der Waals surface area contributed by atoms with Crippen LogP contribution < -0.4 is 11.5 Å². The van der Waals surface area contributed by atoms with E-state index < -0.39 is 0 Å². The smallest absolute Gasteiger partial charge is 0.273 e. The highest BCUT2D eigenvalue weighted by Crippen LogP contribution is 2.34. The van der Waals surface area contributed by atoms with Crippen molar-refractivity contribution in [3.05, 3.63) is 83.4 Å². The first-order valence-corrected chi connectivity index (χ1v) is 14.3. The van der Waals surface area contributed by atoms with Crippen LogP contribution in [0.4, 0.5) is 11.4 Å². The highest BCUT2D eigenvalue weighted by molar-refractivity contribution is 7.97. The number of carbonyl (C=O) groups is 1. The Morgan fingerprint density at radius 1 is 1.05 bits per heavy atom. The number of nitrogens with zero attached hydrogens (tertiary/aromatic N) is 3. The van der Waals surface area contributed by atoms with Crippen LogP contribution >= 0.6 is 11.9 Å². The largest absolute Gasteiger partial charge is 0.399 e. The van der Waals surface area contributed by atoms with Crippen LogP contribution in [0.5, 0.6) is 0 Å². The highest BCUT2D eigenvalue weighted by Gasteiger charge is 2.22. The molecule has 40 heavy (non-hydrogen) atoms. The molecule has 0 spiro atoms. The Hall–Kier alpha value is -3.63. The summed E-state index contributed by atoms with van der Waals surface area (Å²) in [5.74, 6) is 0.183. The number of aliphatic imine (C=N–C) groups is 1. The number of nitrogens with two attached hydrogens (primary N) is 2. The van der Waals surface area contributed by atoms with Crippen molar-refractivity contribution < 1.29 is 14.4 Å². The maximum absolute atomic E-state index is 13.5. The number of anilines is 1. The number of amides is 1. The number of rotatable bonds is 9. The second-order valence-corrected chi connectivity index (χ2v) is 11.0. The molecule has 1 amide bonds. The van der Waals surface area contributed by atoms with E-state index in [2.05, 4.69) is 39.6 Å². The third-order valence-corrected chi connectivity index (χ3v) is 7.75. The third kappa shape index (κ3) is 7.11. The summed E-state index contributed by atoms with van der Waals surface area (Å²) in [5.41, 5.74) is 18.0. The number of carbonyl (C=O) groups excluding carboxylic acids is 1. The molecule has 5 rings (SSSR count). The first kappa shape index (κ1) is 27.9. The highest BCUT2D eigenvalue weighted by atomic mass is 32.2. The van der Waals surface area contributed by atoms with Gasteiger partial charge in [-0.25, -0.2) is 14.4 Å². The maximum atomic E-state index is 13.5. The molecule has 0 aromatic heterocycles. The van der Waals surface area contributed by atoms with E-state index in [1.807, 2.05) is 49.4 Å². The maximum Gasteiger partial charge on any atom is 0.273 e. The molecular weight excluding hydrogens is 522 g/mol. The molecule has 208 valence electrons. The minimum atomic E-state index is -0.208. The average molecular weight is 558 g/mol. The number of ether oxygens (including phenoxy) is 1. The predicted octanol–water partition coefficient (Wildman–Crippen LogP) is 5.42. The molecule has 2 heterocycles. The number of hydrogen-bond donors (Lipinski definition) is 2. The Bertz CT molecular complexity index is 1400. The Morgan fingerprint density at radius 3 is 2.60 bits per heavy atom. The lowest BCUT2D eigenvalue weighted by Crippen LogP contribution is -2.34. The molecule has 1 saturated heterocycles. The van der Waals surface area contributed by atoms with E-state index in [0.29, 0.717) is 23.6 Å². The third-order valence-electron chi connectivity index (χ3n) is 6.66. The normalized spacial score (nSPS) is 15.5. The SMILES string of the molecule is CCCN(OCc1ccc(N)cc1)C(=O)C1=Cc2ccc(-c3cccc(SN4CCOCC4)c3)cc2N=C(N)C1. The van der Waals surface area contributed by atoms with Gasteiger partial charge in [-0.2, -0.15) is 0 Å². The van der Waals surface area contributed by atoms with Crippen molar-refractivity contribution in [1.29, 1.82) is 0 Å². The summed E-state index contributed by atoms with van der Waals surface area (Å²) < 4.78 is 7.80. The van der Waals surface area contributed by atoms with E-state index >= 15 is 0 Å². The first-order chi connectivity index (χ1) is 19.5. The summed E-state index contributed by atoms with van der Waals surface area (Å²) in [6, 6.07) is 22.0. The molecule has 3 aromatic rings. The monoisotopic (exact) mass is 557 g/mol. The number of hydrogen-bond acceptors (Lipinski definition) is 8. The molecule has 0 atom stereocenters. The number of hydroxylamine groups is 2. The quantitative estimate of drug-likeness (QED) is 0.206. The fourth-order valence-electron chi connectivity index (χ4n) is 4.58. The Balaban J connectivity index is 1.34. The molecule has 0 bridgehead atoms. The zero-order chi connectivity index (χ0) is 27.9. The van der Waals surface area contributed by atoms with Crippen molar-refractivity contribution in [3.8, 4) is 11.1 Å². The van der Waals surface area contributed by atoms with E-state index in [4.69, 9.17) is 21.0 Å². The van der Waals surface area contributed by atoms with E-state index in [-0.39, 0.29) is 18.9 Å². The van der Waals surface area contributed by atoms with E-state index in [0.717, 1.165) is 60.7 Å². The Morgan fingerprint density at radius 2 is 1.82 bits per heavy atom. The van der Waals surface area contributed by atoms with Crippen LogP contribution in [0.25, 0.3) is 17.2 Å². The molecule has 0 aliphatic carbocycles. The van der Waals surface area contributed by atoms with E-state index in [1.165, 1.54) is 9.96 Å². The fourth-order valence-corrected chi connectivity index (χ4v) is 5.53. The van der Waals surface area contributed by atoms with Gasteiger partial charge in [0, 0.05) is 47.8 Å². The molecule has 1 fully saturated rings. The van der Waals surface area contributed by atoms with Gasteiger partial charge >= 0.3 is 0 Å². The second-order valence-electron chi connectivity index (χ2n) is 9.81. The van der Waals surface area contributed by atoms with Crippen molar-refractivity contribution in [1.82, 2.24) is 9.37 Å². The number of benzene rings is 3. The molecule has 0 unspecified atom stereocenters. The van der Waals surface area contributed by atoms with Gasteiger partial charge in [-0.1, -0.05) is 43.3 Å². The molecule has 0 radical (unpaired) electrons. The van der Waals surface area contributed by atoms with Crippen LogP contribution in [0.3, 0.4) is 0 Å². The van der Waals surface area contributed by atoms with Crippen molar-refractivity contribution in [2.45, 2.75) is 31.3 Å². The van der Waals surface area contributed by atoms with Crippen molar-refractivity contribution in [2.75, 3.05) is 38.6 Å². The molecule has 9 heteroatoms. The summed E-state index contributed by atoms with van der Waals surface area (Å²) in [5, 5.41) is 1.42. The Labute approximate surface area is 239 Å². The summed E-state index contributed by atoms with van der Waals surface area (Å²) in [4.78, 5) is 25.3. The molecule has 2 aliphatic rings. The van der Waals surface area contributed by atoms with Crippen LogP contribution in [-0.4, -0.2) is 54.0 Å². The standard InChI is InChI=1S/C31H35N5O3S/c1-2-12-36(39-21-22-6-10-27(32)11-7-22)31(37)26-17-25-9-8-24(19-29(25)34-30(33)20-26)23-4-3-5-28(18-23)40-35-13-15-38-16-14-35/h3-11,17-19H,2,12-16,20-21,32H2,1H3,(H2,33,34). The lowest BCUT2D eigenvalue weighted by atomic mass is 10.0. The van der Waals surface area contributed by atoms with Crippen molar-refractivity contribution in [2.24, 2.45) is 10.7 Å². The van der Waals surface area contributed by atoms with Crippen LogP contribution in [0.2, 0.25) is 0 Å². The minimum absolute atomic E-state index is 0.208. The van der Waals surface area contributed by atoms with E-state index in [1.54, 1.807) is 11.9 Å². The second kappa shape index (κ2) is 13.1. The van der Waals surface area contributed by atoms with E-state index in [9.17, 15) is 4.79 Å². The Kier molecular flexibility index (Phi) is 9.18. The summed E-state index contributed by atoms with van der Waals surface area (Å²) in [6.45, 7) is 6.10. The van der Waals surface area contributed by atoms with Gasteiger partial charge in [0.2, 0.25) is 0 Å². The number of nitrogen functional groups attached to an aromatic ring is 1. The molecule has 8 nitrogen and oxygen atoms in total. The van der Waals surface area contributed by atoms with Gasteiger partial charge in [0.1, 0.15) is 12.4 Å². The number of fused-ring (bicyclic) bond motifs is 1. The molecule has 3 aromatic carbocycles. The van der Waals surface area contributed by atoms with Gasteiger partial charge in [-0.05, 0) is 71.5 Å². The topological polar surface area (TPSA) is 106 Å². The number of morpholine rings is 1. The van der Waals surface area contributed by atoms with Crippen molar-refractivity contribution in [3.63, 3.8) is 0 Å². The van der Waals surface area contributed by atoms with Gasteiger partial charge in [0.05, 0.1) is 18.9 Å². The molecule has 2 aliphatic heterocycles. The lowest BCUT2D eigenvalue weighted by molar-refractivity contribution is -0.187. The fraction of sp³-hybridized carbons (Fsp3) is 0.290. The zero-order valence-corrected chi connectivity index (χ0v) is 23.5. The molecule has 0 saturated carbocycles. The van der Waals surface area contributed by atoms with Gasteiger partial charge in [0.25, 0.3) is 5.91 Å². The summed E-state index contributed by atoms with van der Waals surface area (Å²) in [7, 11) is 0. The van der Waals surface area contributed by atoms with Gasteiger partial charge < -0.3 is 16.2 Å². The van der Waals surface area contributed by atoms with Crippen LogP contribution in [0, 0.1) is 0 Å². The average Bonchev–Trinajstić information content (AvgIpc) is 3.14. The molecular formula is C31H35N5O3S. The summed E-state index contributed by atoms with van der Waals surface area (Å²) >= 11 is 1.76.